The summed E-state index contributed by atoms with van der Waals surface area (Å²) in [5, 5.41) is 28.8. The predicted octanol–water partition coefficient (Wildman–Crippen LogP) is 5.64. The number of rotatable bonds is 0. The van der Waals surface area contributed by atoms with Gasteiger partial charge in [0.05, 0.1) is 0 Å². The van der Waals surface area contributed by atoms with Crippen LogP contribution in [-0.2, 0) is 0 Å². The molecule has 0 spiro atoms. The molecule has 0 unspecified atom stereocenters. The minimum atomic E-state index is 0.322. The molecule has 3 nitrogen and oxygen atoms in total. The van der Waals surface area contributed by atoms with Crippen molar-refractivity contribution in [3.8, 4) is 17.2 Å². The molecule has 132 valence electrons. The number of phenolic OH excluding ortho intramolecular Hbond substituents is 3. The minimum absolute atomic E-state index is 0.322. The predicted molar refractivity (Wildman–Crippen MR) is 107 cm³/mol. The van der Waals surface area contributed by atoms with Gasteiger partial charge in [-0.1, -0.05) is 66.2 Å². The summed E-state index contributed by atoms with van der Waals surface area (Å²) in [6.07, 6.45) is 0. The Labute approximate surface area is 153 Å². The van der Waals surface area contributed by atoms with E-state index in [2.05, 4.69) is 0 Å². The van der Waals surface area contributed by atoms with Crippen LogP contribution in [0.1, 0.15) is 5.56 Å². The molecular weight excluding hydrogens is 324 g/mol. The van der Waals surface area contributed by atoms with Gasteiger partial charge in [0.2, 0.25) is 0 Å². The number of phenols is 3. The van der Waals surface area contributed by atoms with Crippen LogP contribution >= 0.6 is 0 Å². The van der Waals surface area contributed by atoms with Gasteiger partial charge in [-0.05, 0) is 54.1 Å². The molecule has 0 fully saturated rings. The summed E-state index contributed by atoms with van der Waals surface area (Å²) >= 11 is 0. The maximum atomic E-state index is 9.13. The monoisotopic (exact) mass is 346 g/mol. The molecule has 0 bridgehead atoms. The number of fused-ring (bicyclic) bond motifs is 1. The highest BCUT2D eigenvalue weighted by molar-refractivity contribution is 5.83. The normalized spacial score (nSPS) is 9.42. The van der Waals surface area contributed by atoms with Gasteiger partial charge >= 0.3 is 0 Å². The summed E-state index contributed by atoms with van der Waals surface area (Å²) in [4.78, 5) is 0. The maximum absolute atomic E-state index is 9.13. The van der Waals surface area contributed by atoms with E-state index in [1.807, 2.05) is 55.5 Å². The maximum Gasteiger partial charge on any atom is 0.116 e. The Morgan fingerprint density at radius 3 is 1.50 bits per heavy atom. The molecule has 0 aliphatic carbocycles. The fourth-order valence-corrected chi connectivity index (χ4v) is 2.15. The van der Waals surface area contributed by atoms with Crippen molar-refractivity contribution >= 4 is 10.8 Å². The molecule has 4 aromatic carbocycles. The van der Waals surface area contributed by atoms with Crippen LogP contribution in [0.25, 0.3) is 10.8 Å². The largest absolute Gasteiger partial charge is 0.508 e. The van der Waals surface area contributed by atoms with Gasteiger partial charge in [-0.25, -0.2) is 0 Å². The molecule has 3 N–H and O–H groups in total. The van der Waals surface area contributed by atoms with Crippen molar-refractivity contribution in [2.45, 2.75) is 6.92 Å². The quantitative estimate of drug-likeness (QED) is 0.386. The smallest absolute Gasteiger partial charge is 0.116 e. The van der Waals surface area contributed by atoms with Gasteiger partial charge < -0.3 is 15.3 Å². The topological polar surface area (TPSA) is 60.7 Å². The lowest BCUT2D eigenvalue weighted by Gasteiger charge is -1.96. The van der Waals surface area contributed by atoms with Crippen LogP contribution in [0.4, 0.5) is 0 Å². The second-order valence-corrected chi connectivity index (χ2v) is 5.70. The first kappa shape index (κ1) is 18.9. The van der Waals surface area contributed by atoms with E-state index in [0.717, 1.165) is 10.8 Å². The number of hydrogen-bond donors (Lipinski definition) is 3. The minimum Gasteiger partial charge on any atom is -0.508 e. The third kappa shape index (κ3) is 6.57. The number of aryl methyl sites for hydroxylation is 1. The molecule has 26 heavy (non-hydrogen) atoms. The van der Waals surface area contributed by atoms with E-state index in [1.165, 1.54) is 5.56 Å². The van der Waals surface area contributed by atoms with E-state index >= 15 is 0 Å². The summed E-state index contributed by atoms with van der Waals surface area (Å²) in [5.41, 5.74) is 1.17. The highest BCUT2D eigenvalue weighted by Gasteiger charge is 1.91. The van der Waals surface area contributed by atoms with Crippen molar-refractivity contribution in [2.75, 3.05) is 0 Å². The van der Waals surface area contributed by atoms with E-state index in [9.17, 15) is 0 Å². The van der Waals surface area contributed by atoms with E-state index in [0.29, 0.717) is 17.2 Å². The second kappa shape index (κ2) is 9.74. The molecule has 0 saturated carbocycles. The van der Waals surface area contributed by atoms with E-state index < -0.39 is 0 Å². The first-order valence-electron chi connectivity index (χ1n) is 8.22. The number of aromatic hydroxyl groups is 3. The van der Waals surface area contributed by atoms with Crippen LogP contribution in [0.5, 0.6) is 17.2 Å². The van der Waals surface area contributed by atoms with Gasteiger partial charge in [-0.2, -0.15) is 0 Å². The Morgan fingerprint density at radius 1 is 0.462 bits per heavy atom. The zero-order chi connectivity index (χ0) is 18.8. The molecule has 0 radical (unpaired) electrons. The van der Waals surface area contributed by atoms with Crippen LogP contribution in [0, 0.1) is 6.92 Å². The standard InChI is InChI=1S/C10H8O.C7H8O.C6H6O/c11-10-6-5-8-3-1-2-4-9(8)7-10;1-6-2-4-7(8)5-3-6;7-6-4-2-1-3-5-6/h1-7,11H;2-5,8H,1H3;1-5,7H. The molecule has 4 rings (SSSR count). The second-order valence-electron chi connectivity index (χ2n) is 5.70. The number of hydrogen-bond acceptors (Lipinski definition) is 3. The Bertz CT molecular complexity index is 896. The van der Waals surface area contributed by atoms with Gasteiger partial charge in [-0.3, -0.25) is 0 Å². The molecule has 0 aliphatic heterocycles. The summed E-state index contributed by atoms with van der Waals surface area (Å²) < 4.78 is 0. The lowest BCUT2D eigenvalue weighted by molar-refractivity contribution is 0.474. The fraction of sp³-hybridized carbons (Fsp3) is 0.0435. The molecule has 0 amide bonds. The zero-order valence-electron chi connectivity index (χ0n) is 14.6. The summed E-state index contributed by atoms with van der Waals surface area (Å²) in [7, 11) is 0. The zero-order valence-corrected chi connectivity index (χ0v) is 14.6. The number of para-hydroxylation sites is 1. The average Bonchev–Trinajstić information content (AvgIpc) is 2.66. The van der Waals surface area contributed by atoms with E-state index in [4.69, 9.17) is 15.3 Å². The van der Waals surface area contributed by atoms with Crippen molar-refractivity contribution in [3.05, 3.63) is 103 Å². The Balaban J connectivity index is 0.000000145. The van der Waals surface area contributed by atoms with E-state index in [-0.39, 0.29) is 0 Å². The van der Waals surface area contributed by atoms with Crippen LogP contribution in [0.15, 0.2) is 97.1 Å². The summed E-state index contributed by atoms with van der Waals surface area (Å²) in [5.74, 6) is 0.974. The van der Waals surface area contributed by atoms with Gasteiger partial charge in [0.15, 0.2) is 0 Å². The Morgan fingerprint density at radius 2 is 0.962 bits per heavy atom. The summed E-state index contributed by atoms with van der Waals surface area (Å²) in [6.45, 7) is 1.99. The third-order valence-corrected chi connectivity index (χ3v) is 3.52. The molecule has 0 heterocycles. The first-order chi connectivity index (χ1) is 12.5. The molecule has 0 saturated heterocycles. The Hall–Kier alpha value is -3.46. The summed E-state index contributed by atoms with van der Waals surface area (Å²) in [6, 6.07) is 29.1. The fourth-order valence-electron chi connectivity index (χ4n) is 2.15. The van der Waals surface area contributed by atoms with Crippen molar-refractivity contribution in [1.82, 2.24) is 0 Å². The molecule has 3 heteroatoms. The number of benzene rings is 4. The first-order valence-corrected chi connectivity index (χ1v) is 8.22. The van der Waals surface area contributed by atoms with Gasteiger partial charge in [0.25, 0.3) is 0 Å². The Kier molecular flexibility index (Phi) is 7.07. The third-order valence-electron chi connectivity index (χ3n) is 3.52. The van der Waals surface area contributed by atoms with Crippen molar-refractivity contribution in [1.29, 1.82) is 0 Å². The molecule has 0 atom stereocenters. The van der Waals surface area contributed by atoms with Crippen LogP contribution < -0.4 is 0 Å². The molecule has 0 aromatic heterocycles. The van der Waals surface area contributed by atoms with Crippen LogP contribution in [0.3, 0.4) is 0 Å². The molecular formula is C23H22O3. The molecule has 0 aliphatic rings. The lowest BCUT2D eigenvalue weighted by Crippen LogP contribution is -1.69. The average molecular weight is 346 g/mol. The lowest BCUT2D eigenvalue weighted by atomic mass is 10.1. The SMILES string of the molecule is Cc1ccc(O)cc1.Oc1ccc2ccccc2c1.Oc1ccccc1. The van der Waals surface area contributed by atoms with Crippen LogP contribution in [-0.4, -0.2) is 15.3 Å². The van der Waals surface area contributed by atoms with Gasteiger partial charge in [-0.15, -0.1) is 0 Å². The highest BCUT2D eigenvalue weighted by Crippen LogP contribution is 2.18. The van der Waals surface area contributed by atoms with Crippen molar-refractivity contribution in [2.24, 2.45) is 0 Å². The molecule has 4 aromatic rings. The van der Waals surface area contributed by atoms with E-state index in [1.54, 1.807) is 48.5 Å². The van der Waals surface area contributed by atoms with Gasteiger partial charge in [0, 0.05) is 0 Å². The van der Waals surface area contributed by atoms with Gasteiger partial charge in [0.1, 0.15) is 17.2 Å². The van der Waals surface area contributed by atoms with Crippen molar-refractivity contribution in [3.63, 3.8) is 0 Å². The van der Waals surface area contributed by atoms with Crippen LogP contribution in [0.2, 0.25) is 0 Å². The highest BCUT2D eigenvalue weighted by atomic mass is 16.3. The van der Waals surface area contributed by atoms with Crippen molar-refractivity contribution < 1.29 is 15.3 Å².